The van der Waals surface area contributed by atoms with E-state index in [2.05, 4.69) is 16.9 Å². The summed E-state index contributed by atoms with van der Waals surface area (Å²) >= 11 is 1.50. The molecule has 1 rings (SSSR count). The lowest BCUT2D eigenvalue weighted by Crippen LogP contribution is -2.17. The molecule has 0 unspecified atom stereocenters. The molecule has 1 aromatic rings. The second-order valence-corrected chi connectivity index (χ2v) is 5.91. The molecule has 0 fully saturated rings. The smallest absolute Gasteiger partial charge is 0.258 e. The van der Waals surface area contributed by atoms with Gasteiger partial charge in [0.1, 0.15) is 0 Å². The van der Waals surface area contributed by atoms with Gasteiger partial charge in [-0.25, -0.2) is 0 Å². The topological polar surface area (TPSA) is 66.0 Å². The van der Waals surface area contributed by atoms with Crippen molar-refractivity contribution in [1.29, 1.82) is 0 Å². The van der Waals surface area contributed by atoms with Gasteiger partial charge in [-0.1, -0.05) is 51.8 Å². The number of thioether (sulfide) groups is 1. The molecule has 2 N–H and O–H groups in total. The summed E-state index contributed by atoms with van der Waals surface area (Å²) in [4.78, 5) is 18.8. The summed E-state index contributed by atoms with van der Waals surface area (Å²) in [7, 11) is 0. The number of H-pyrrole nitrogens is 1. The zero-order chi connectivity index (χ0) is 14.3. The zero-order valence-electron chi connectivity index (χ0n) is 12.0. The highest BCUT2D eigenvalue weighted by atomic mass is 32.2. The minimum atomic E-state index is -0.210. The summed E-state index contributed by atoms with van der Waals surface area (Å²) in [6.07, 6.45) is 5.56. The number of aromatic nitrogens is 2. The van der Waals surface area contributed by atoms with Gasteiger partial charge in [0.2, 0.25) is 5.88 Å². The Balaban J connectivity index is 2.65. The molecular weight excluding hydrogens is 260 g/mol. The predicted molar refractivity (Wildman–Crippen MR) is 80.1 cm³/mol. The van der Waals surface area contributed by atoms with Crippen LogP contribution >= 0.6 is 11.8 Å². The van der Waals surface area contributed by atoms with Gasteiger partial charge in [0.15, 0.2) is 5.16 Å². The zero-order valence-corrected chi connectivity index (χ0v) is 12.8. The number of unbranched alkanes of at least 4 members (excludes halogenated alkanes) is 3. The number of aromatic amines is 1. The van der Waals surface area contributed by atoms with Gasteiger partial charge in [-0.05, 0) is 18.8 Å². The van der Waals surface area contributed by atoms with E-state index in [4.69, 9.17) is 0 Å². The lowest BCUT2D eigenvalue weighted by molar-refractivity contribution is 0.429. The lowest BCUT2D eigenvalue weighted by atomic mass is 10.0. The van der Waals surface area contributed by atoms with Crippen molar-refractivity contribution in [1.82, 2.24) is 9.97 Å². The van der Waals surface area contributed by atoms with Gasteiger partial charge in [-0.3, -0.25) is 4.79 Å². The van der Waals surface area contributed by atoms with Crippen LogP contribution in [0.2, 0.25) is 0 Å². The Kier molecular flexibility index (Phi) is 6.99. The minimum absolute atomic E-state index is 0.0276. The first-order valence-corrected chi connectivity index (χ1v) is 8.04. The standard InChI is InChI=1S/C14H24N2O2S/c1-4-6-7-8-9-19-14-15-12(17)11(10(3)5-2)13(18)16-14/h10H,4-9H2,1-3H3,(H2,15,16,17,18)/t10-/m1/s1. The lowest BCUT2D eigenvalue weighted by Gasteiger charge is -2.10. The largest absolute Gasteiger partial charge is 0.493 e. The Morgan fingerprint density at radius 3 is 2.63 bits per heavy atom. The fraction of sp³-hybridized carbons (Fsp3) is 0.714. The van der Waals surface area contributed by atoms with E-state index in [1.54, 1.807) is 0 Å². The number of nitrogens with one attached hydrogen (secondary N) is 1. The summed E-state index contributed by atoms with van der Waals surface area (Å²) in [6, 6.07) is 0. The molecule has 5 heteroatoms. The van der Waals surface area contributed by atoms with Crippen LogP contribution in [0.5, 0.6) is 5.88 Å². The first-order valence-electron chi connectivity index (χ1n) is 7.06. The molecule has 0 bridgehead atoms. The SMILES string of the molecule is CCCCCCSc1nc(O)c([C@H](C)CC)c(=O)[nH]1. The first kappa shape index (κ1) is 16.1. The quantitative estimate of drug-likeness (QED) is 0.434. The number of hydrogen-bond acceptors (Lipinski definition) is 4. The van der Waals surface area contributed by atoms with Crippen LogP contribution in [0.1, 0.15) is 64.4 Å². The van der Waals surface area contributed by atoms with E-state index in [1.807, 2.05) is 13.8 Å². The van der Waals surface area contributed by atoms with Crippen molar-refractivity contribution < 1.29 is 5.11 Å². The van der Waals surface area contributed by atoms with Gasteiger partial charge in [-0.15, -0.1) is 0 Å². The molecule has 0 radical (unpaired) electrons. The van der Waals surface area contributed by atoms with Crippen LogP contribution in [-0.4, -0.2) is 20.8 Å². The Morgan fingerprint density at radius 1 is 1.32 bits per heavy atom. The van der Waals surface area contributed by atoms with Crippen LogP contribution in [0.3, 0.4) is 0 Å². The number of nitrogens with zero attached hydrogens (tertiary/aromatic N) is 1. The molecule has 4 nitrogen and oxygen atoms in total. The van der Waals surface area contributed by atoms with Crippen molar-refractivity contribution in [2.24, 2.45) is 0 Å². The average Bonchev–Trinajstić information content (AvgIpc) is 2.37. The van der Waals surface area contributed by atoms with Crippen LogP contribution in [0.15, 0.2) is 9.95 Å². The van der Waals surface area contributed by atoms with Crippen molar-refractivity contribution in [2.45, 2.75) is 63.9 Å². The Morgan fingerprint density at radius 2 is 2.05 bits per heavy atom. The molecular formula is C14H24N2O2S. The van der Waals surface area contributed by atoms with Gasteiger partial charge in [0.25, 0.3) is 5.56 Å². The summed E-state index contributed by atoms with van der Waals surface area (Å²) in [6.45, 7) is 6.08. The predicted octanol–water partition coefficient (Wildman–Crippen LogP) is 3.66. The molecule has 0 spiro atoms. The van der Waals surface area contributed by atoms with Crippen molar-refractivity contribution in [2.75, 3.05) is 5.75 Å². The fourth-order valence-corrected chi connectivity index (χ4v) is 2.72. The highest BCUT2D eigenvalue weighted by molar-refractivity contribution is 7.99. The third-order valence-electron chi connectivity index (χ3n) is 3.26. The number of aromatic hydroxyl groups is 1. The van der Waals surface area contributed by atoms with E-state index < -0.39 is 0 Å². The molecule has 0 aliphatic heterocycles. The van der Waals surface area contributed by atoms with E-state index in [1.165, 1.54) is 31.0 Å². The second-order valence-electron chi connectivity index (χ2n) is 4.83. The number of rotatable bonds is 8. The van der Waals surface area contributed by atoms with E-state index in [0.717, 1.165) is 18.6 Å². The molecule has 19 heavy (non-hydrogen) atoms. The molecule has 0 aliphatic rings. The molecule has 1 atom stereocenters. The molecule has 0 aromatic carbocycles. The molecule has 0 amide bonds. The second kappa shape index (κ2) is 8.25. The maximum absolute atomic E-state index is 11.9. The van der Waals surface area contributed by atoms with Gasteiger partial charge in [-0.2, -0.15) is 4.98 Å². The summed E-state index contributed by atoms with van der Waals surface area (Å²) in [5.74, 6) is 0.833. The third kappa shape index (κ3) is 4.90. The molecule has 108 valence electrons. The summed E-state index contributed by atoms with van der Waals surface area (Å²) in [5.41, 5.74) is 0.191. The normalized spacial score (nSPS) is 12.6. The fourth-order valence-electron chi connectivity index (χ4n) is 1.86. The van der Waals surface area contributed by atoms with Crippen molar-refractivity contribution >= 4 is 11.8 Å². The Labute approximate surface area is 119 Å². The van der Waals surface area contributed by atoms with Gasteiger partial charge >= 0.3 is 0 Å². The third-order valence-corrected chi connectivity index (χ3v) is 4.21. The average molecular weight is 284 g/mol. The molecule has 0 aliphatic carbocycles. The van der Waals surface area contributed by atoms with Crippen LogP contribution in [0.25, 0.3) is 0 Å². The van der Waals surface area contributed by atoms with Gasteiger partial charge in [0.05, 0.1) is 5.56 Å². The van der Waals surface area contributed by atoms with E-state index in [0.29, 0.717) is 10.7 Å². The van der Waals surface area contributed by atoms with Crippen LogP contribution in [0.4, 0.5) is 0 Å². The monoisotopic (exact) mass is 284 g/mol. The molecule has 0 saturated carbocycles. The number of hydrogen-bond donors (Lipinski definition) is 2. The highest BCUT2D eigenvalue weighted by Crippen LogP contribution is 2.24. The minimum Gasteiger partial charge on any atom is -0.493 e. The maximum Gasteiger partial charge on any atom is 0.258 e. The summed E-state index contributed by atoms with van der Waals surface area (Å²) in [5, 5.41) is 10.4. The van der Waals surface area contributed by atoms with Gasteiger partial charge < -0.3 is 10.1 Å². The summed E-state index contributed by atoms with van der Waals surface area (Å²) < 4.78 is 0. The molecule has 0 saturated heterocycles. The van der Waals surface area contributed by atoms with Gasteiger partial charge in [0, 0.05) is 5.75 Å². The van der Waals surface area contributed by atoms with E-state index in [-0.39, 0.29) is 17.4 Å². The molecule has 1 aromatic heterocycles. The van der Waals surface area contributed by atoms with Crippen molar-refractivity contribution in [3.63, 3.8) is 0 Å². The highest BCUT2D eigenvalue weighted by Gasteiger charge is 2.16. The van der Waals surface area contributed by atoms with E-state index >= 15 is 0 Å². The van der Waals surface area contributed by atoms with Crippen LogP contribution < -0.4 is 5.56 Å². The van der Waals surface area contributed by atoms with Crippen molar-refractivity contribution in [3.8, 4) is 5.88 Å². The first-order chi connectivity index (χ1) is 9.10. The Hall–Kier alpha value is -0.970. The Bertz CT molecular complexity index is 446. The van der Waals surface area contributed by atoms with Crippen molar-refractivity contribution in [3.05, 3.63) is 15.9 Å². The maximum atomic E-state index is 11.9. The van der Waals surface area contributed by atoms with E-state index in [9.17, 15) is 9.90 Å². The van der Waals surface area contributed by atoms with Crippen LogP contribution in [0, 0.1) is 0 Å². The van der Waals surface area contributed by atoms with Crippen LogP contribution in [-0.2, 0) is 0 Å². The molecule has 1 heterocycles.